The van der Waals surface area contributed by atoms with Crippen molar-refractivity contribution in [1.82, 2.24) is 15.6 Å². The molecular weight excluding hydrogens is 572 g/mol. The first kappa shape index (κ1) is 32.3. The van der Waals surface area contributed by atoms with Crippen molar-refractivity contribution >= 4 is 35.4 Å². The van der Waals surface area contributed by atoms with Crippen LogP contribution in [0.4, 0.5) is 5.82 Å². The number of nitrogens with zero attached hydrogens (tertiary/aromatic N) is 1. The molecule has 9 heteroatoms. The lowest BCUT2D eigenvalue weighted by molar-refractivity contribution is -0.138. The summed E-state index contributed by atoms with van der Waals surface area (Å²) in [4.78, 5) is 42.4. The fourth-order valence-electron chi connectivity index (χ4n) is 4.65. The van der Waals surface area contributed by atoms with Gasteiger partial charge < -0.3 is 21.1 Å². The molecule has 0 bridgehead atoms. The summed E-state index contributed by atoms with van der Waals surface area (Å²) in [5.41, 5.74) is 3.84. The van der Waals surface area contributed by atoms with Gasteiger partial charge in [-0.1, -0.05) is 91.0 Å². The van der Waals surface area contributed by atoms with Gasteiger partial charge in [-0.2, -0.15) is 11.8 Å². The predicted octanol–water partition coefficient (Wildman–Crippen LogP) is 6.08. The van der Waals surface area contributed by atoms with Crippen molar-refractivity contribution in [3.63, 3.8) is 0 Å². The van der Waals surface area contributed by atoms with Crippen molar-refractivity contribution in [2.45, 2.75) is 43.5 Å². The number of amides is 2. The molecule has 4 rings (SSSR count). The highest BCUT2D eigenvalue weighted by Gasteiger charge is 2.25. The number of thioether (sulfide) groups is 1. The van der Waals surface area contributed by atoms with Gasteiger partial charge in [0.15, 0.2) is 0 Å². The Kier molecular flexibility index (Phi) is 12.8. The van der Waals surface area contributed by atoms with Gasteiger partial charge in [0, 0.05) is 30.7 Å². The molecule has 228 valence electrons. The van der Waals surface area contributed by atoms with Crippen LogP contribution < -0.4 is 16.0 Å². The standard InChI is InChI=1S/C35H38N4O4S/c40-33(16-8-10-22-37-32-15-7-9-21-36-32)38-31(25-44-24-26-11-3-1-4-12-26)35(43)39-30(23-34(41)42)29-19-17-28(18-20-29)27-13-5-2-6-14-27/h1-7,9,11-15,17-21,30-31H,8,10,16,22-25H2,(H,36,37)(H,38,40)(H,39,43)(H,41,42)/t30?,31-/m1/s1. The lowest BCUT2D eigenvalue weighted by Crippen LogP contribution is -2.49. The first-order chi connectivity index (χ1) is 21.5. The molecule has 0 spiro atoms. The molecular formula is C35H38N4O4S. The Morgan fingerprint density at radius 3 is 2.14 bits per heavy atom. The zero-order chi connectivity index (χ0) is 31.0. The Hall–Kier alpha value is -4.63. The highest BCUT2D eigenvalue weighted by molar-refractivity contribution is 7.98. The summed E-state index contributed by atoms with van der Waals surface area (Å²) in [5, 5.41) is 18.7. The van der Waals surface area contributed by atoms with Crippen LogP contribution in [0.5, 0.6) is 0 Å². The first-order valence-corrected chi connectivity index (χ1v) is 15.9. The average molecular weight is 611 g/mol. The molecule has 0 radical (unpaired) electrons. The van der Waals surface area contributed by atoms with E-state index < -0.39 is 24.0 Å². The number of carboxylic acid groups (broad SMARTS) is 1. The second-order valence-corrected chi connectivity index (χ2v) is 11.4. The molecule has 4 aromatic rings. The van der Waals surface area contributed by atoms with Gasteiger partial charge in [-0.25, -0.2) is 4.98 Å². The summed E-state index contributed by atoms with van der Waals surface area (Å²) in [6.07, 6.45) is 3.13. The predicted molar refractivity (Wildman–Crippen MR) is 176 cm³/mol. The fraction of sp³-hybridized carbons (Fsp3) is 0.257. The third-order valence-corrected chi connectivity index (χ3v) is 8.07. The third-order valence-electron chi connectivity index (χ3n) is 6.96. The highest BCUT2D eigenvalue weighted by Crippen LogP contribution is 2.24. The van der Waals surface area contributed by atoms with Crippen LogP contribution in [0.3, 0.4) is 0 Å². The molecule has 3 aromatic carbocycles. The maximum Gasteiger partial charge on any atom is 0.305 e. The van der Waals surface area contributed by atoms with Crippen molar-refractivity contribution in [2.75, 3.05) is 17.6 Å². The van der Waals surface area contributed by atoms with E-state index in [0.717, 1.165) is 28.9 Å². The van der Waals surface area contributed by atoms with Crippen LogP contribution in [0.2, 0.25) is 0 Å². The van der Waals surface area contributed by atoms with E-state index in [1.807, 2.05) is 103 Å². The number of aliphatic carboxylic acids is 1. The number of hydrogen-bond donors (Lipinski definition) is 4. The van der Waals surface area contributed by atoms with E-state index in [-0.39, 0.29) is 18.7 Å². The molecule has 44 heavy (non-hydrogen) atoms. The van der Waals surface area contributed by atoms with Crippen molar-refractivity contribution in [2.24, 2.45) is 0 Å². The minimum Gasteiger partial charge on any atom is -0.481 e. The van der Waals surface area contributed by atoms with Crippen LogP contribution in [-0.2, 0) is 20.1 Å². The van der Waals surface area contributed by atoms with Gasteiger partial charge in [0.2, 0.25) is 11.8 Å². The molecule has 2 atom stereocenters. The van der Waals surface area contributed by atoms with Crippen LogP contribution in [0.1, 0.15) is 42.9 Å². The van der Waals surface area contributed by atoms with Crippen LogP contribution in [0, 0.1) is 0 Å². The molecule has 1 unspecified atom stereocenters. The number of unbranched alkanes of at least 4 members (excludes halogenated alkanes) is 1. The zero-order valence-corrected chi connectivity index (χ0v) is 25.3. The topological polar surface area (TPSA) is 120 Å². The first-order valence-electron chi connectivity index (χ1n) is 14.7. The summed E-state index contributed by atoms with van der Waals surface area (Å²) in [6, 6.07) is 31.4. The minimum absolute atomic E-state index is 0.217. The van der Waals surface area contributed by atoms with Crippen LogP contribution in [0.25, 0.3) is 11.1 Å². The second-order valence-electron chi connectivity index (χ2n) is 10.4. The maximum absolute atomic E-state index is 13.6. The molecule has 0 aliphatic heterocycles. The van der Waals surface area contributed by atoms with E-state index in [9.17, 15) is 19.5 Å². The number of carbonyl (C=O) groups is 3. The number of carbonyl (C=O) groups excluding carboxylic acids is 2. The van der Waals surface area contributed by atoms with Gasteiger partial charge >= 0.3 is 5.97 Å². The summed E-state index contributed by atoms with van der Waals surface area (Å²) in [7, 11) is 0. The lowest BCUT2D eigenvalue weighted by Gasteiger charge is -2.23. The number of nitrogens with one attached hydrogen (secondary N) is 3. The average Bonchev–Trinajstić information content (AvgIpc) is 3.05. The third kappa shape index (κ3) is 10.9. The molecule has 4 N–H and O–H groups in total. The Labute approximate surface area is 262 Å². The number of hydrogen-bond acceptors (Lipinski definition) is 6. The van der Waals surface area contributed by atoms with Gasteiger partial charge in [0.1, 0.15) is 11.9 Å². The number of rotatable bonds is 17. The van der Waals surface area contributed by atoms with Crippen molar-refractivity contribution < 1.29 is 19.5 Å². The van der Waals surface area contributed by atoms with Crippen molar-refractivity contribution in [3.8, 4) is 11.1 Å². The molecule has 0 aliphatic rings. The number of carboxylic acids is 1. The highest BCUT2D eigenvalue weighted by atomic mass is 32.2. The molecule has 1 heterocycles. The van der Waals surface area contributed by atoms with Gasteiger partial charge in [0.25, 0.3) is 0 Å². The number of pyridine rings is 1. The number of anilines is 1. The molecule has 0 saturated carbocycles. The zero-order valence-electron chi connectivity index (χ0n) is 24.5. The molecule has 1 aromatic heterocycles. The monoisotopic (exact) mass is 610 g/mol. The normalized spacial score (nSPS) is 12.1. The van der Waals surface area contributed by atoms with Crippen molar-refractivity contribution in [1.29, 1.82) is 0 Å². The minimum atomic E-state index is -1.03. The lowest BCUT2D eigenvalue weighted by atomic mass is 9.99. The summed E-state index contributed by atoms with van der Waals surface area (Å²) in [5.74, 6) is 0.162. The van der Waals surface area contributed by atoms with E-state index in [4.69, 9.17) is 0 Å². The van der Waals surface area contributed by atoms with E-state index >= 15 is 0 Å². The van der Waals surface area contributed by atoms with E-state index in [1.165, 1.54) is 0 Å². The van der Waals surface area contributed by atoms with Gasteiger partial charge in [-0.05, 0) is 47.2 Å². The largest absolute Gasteiger partial charge is 0.481 e. The Balaban J connectivity index is 1.37. The SMILES string of the molecule is O=C(O)CC(NC(=O)[C@@H](CSCc1ccccc1)NC(=O)CCCCNc1ccccn1)c1ccc(-c2ccccc2)cc1. The molecule has 0 aliphatic carbocycles. The van der Waals surface area contributed by atoms with Gasteiger partial charge in [0.05, 0.1) is 12.5 Å². The van der Waals surface area contributed by atoms with Gasteiger partial charge in [-0.15, -0.1) is 0 Å². The Morgan fingerprint density at radius 2 is 1.45 bits per heavy atom. The summed E-state index contributed by atoms with van der Waals surface area (Å²) < 4.78 is 0. The van der Waals surface area contributed by atoms with Crippen LogP contribution in [-0.4, -0.2) is 46.2 Å². The molecule has 0 saturated heterocycles. The van der Waals surface area contributed by atoms with Crippen LogP contribution in [0.15, 0.2) is 109 Å². The van der Waals surface area contributed by atoms with Crippen molar-refractivity contribution in [3.05, 3.63) is 120 Å². The molecule has 0 fully saturated rings. The molecule has 8 nitrogen and oxygen atoms in total. The van der Waals surface area contributed by atoms with E-state index in [2.05, 4.69) is 20.9 Å². The van der Waals surface area contributed by atoms with Gasteiger partial charge in [-0.3, -0.25) is 14.4 Å². The van der Waals surface area contributed by atoms with Crippen LogP contribution >= 0.6 is 11.8 Å². The number of benzene rings is 3. The van der Waals surface area contributed by atoms with E-state index in [1.54, 1.807) is 18.0 Å². The summed E-state index contributed by atoms with van der Waals surface area (Å²) in [6.45, 7) is 0.682. The Morgan fingerprint density at radius 1 is 0.773 bits per heavy atom. The van der Waals surface area contributed by atoms with E-state index in [0.29, 0.717) is 30.0 Å². The number of aromatic nitrogens is 1. The molecule has 2 amide bonds. The fourth-order valence-corrected chi connectivity index (χ4v) is 5.67. The smallest absolute Gasteiger partial charge is 0.305 e. The quantitative estimate of drug-likeness (QED) is 0.107. The Bertz CT molecular complexity index is 1450. The second kappa shape index (κ2) is 17.5. The maximum atomic E-state index is 13.6. The summed E-state index contributed by atoms with van der Waals surface area (Å²) >= 11 is 1.54.